The van der Waals surface area contributed by atoms with Crippen molar-refractivity contribution in [2.24, 2.45) is 18.9 Å². The normalized spacial score (nSPS) is 11.5. The average molecular weight is 476 g/mol. The minimum atomic E-state index is -0.685. The smallest absolute Gasteiger partial charge is 0.330 e. The van der Waals surface area contributed by atoms with E-state index >= 15 is 0 Å². The molecule has 3 rings (SSSR count). The molecule has 11 nitrogen and oxygen atoms in total. The van der Waals surface area contributed by atoms with Gasteiger partial charge in [-0.1, -0.05) is 39.5 Å². The molecule has 178 valence electrons. The summed E-state index contributed by atoms with van der Waals surface area (Å²) >= 11 is 1.19. The van der Waals surface area contributed by atoms with Crippen LogP contribution < -0.4 is 21.9 Å². The van der Waals surface area contributed by atoms with Gasteiger partial charge in [-0.3, -0.25) is 19.1 Å². The predicted octanol–water partition coefficient (Wildman–Crippen LogP) is 1.94. The van der Waals surface area contributed by atoms with E-state index in [1.807, 2.05) is 27.7 Å². The zero-order chi connectivity index (χ0) is 24.3. The van der Waals surface area contributed by atoms with Gasteiger partial charge in [-0.15, -0.1) is 10.2 Å². The summed E-state index contributed by atoms with van der Waals surface area (Å²) in [5.41, 5.74) is 4.95. The van der Waals surface area contributed by atoms with E-state index in [-0.39, 0.29) is 41.5 Å². The van der Waals surface area contributed by atoms with Gasteiger partial charge < -0.3 is 19.6 Å². The molecule has 33 heavy (non-hydrogen) atoms. The number of thioether (sulfide) groups is 1. The van der Waals surface area contributed by atoms with Gasteiger partial charge in [-0.05, 0) is 24.0 Å². The molecule has 3 heterocycles. The third-order valence-corrected chi connectivity index (χ3v) is 5.79. The molecule has 0 unspecified atom stereocenters. The largest absolute Gasteiger partial charge is 0.461 e. The Kier molecular flexibility index (Phi) is 7.46. The molecule has 1 amide bonds. The van der Waals surface area contributed by atoms with E-state index in [1.54, 1.807) is 30.0 Å². The molecule has 12 heteroatoms. The van der Waals surface area contributed by atoms with E-state index in [2.05, 4.69) is 15.2 Å². The Hall–Kier alpha value is -3.28. The topological polar surface area (TPSA) is 145 Å². The number of nitrogens with two attached hydrogens (primary N) is 1. The molecule has 0 saturated carbocycles. The first kappa shape index (κ1) is 24.4. The number of nitrogens with one attached hydrogen (secondary N) is 1. The lowest BCUT2D eigenvalue weighted by Gasteiger charge is -2.26. The van der Waals surface area contributed by atoms with Crippen molar-refractivity contribution in [2.45, 2.75) is 39.4 Å². The van der Waals surface area contributed by atoms with Crippen molar-refractivity contribution in [3.63, 3.8) is 0 Å². The first-order valence-electron chi connectivity index (χ1n) is 10.6. The molecule has 0 aromatic carbocycles. The number of anilines is 2. The maximum Gasteiger partial charge on any atom is 0.330 e. The molecule has 3 N–H and O–H groups in total. The van der Waals surface area contributed by atoms with Crippen LogP contribution in [-0.2, 0) is 18.4 Å². The van der Waals surface area contributed by atoms with Crippen LogP contribution in [0.2, 0.25) is 0 Å². The fourth-order valence-corrected chi connectivity index (χ4v) is 4.12. The summed E-state index contributed by atoms with van der Waals surface area (Å²) < 4.78 is 8.39. The van der Waals surface area contributed by atoms with Gasteiger partial charge >= 0.3 is 5.69 Å². The van der Waals surface area contributed by atoms with E-state index in [4.69, 9.17) is 10.2 Å². The number of H-pyrrole nitrogens is 1. The first-order valence-corrected chi connectivity index (χ1v) is 11.6. The van der Waals surface area contributed by atoms with E-state index in [1.165, 1.54) is 21.2 Å². The van der Waals surface area contributed by atoms with Crippen molar-refractivity contribution in [3.05, 3.63) is 39.2 Å². The number of furan rings is 1. The predicted molar refractivity (Wildman–Crippen MR) is 127 cm³/mol. The summed E-state index contributed by atoms with van der Waals surface area (Å²) in [4.78, 5) is 41.9. The number of carbonyl (C=O) groups excluding carboxylic acids is 1. The molecular weight excluding hydrogens is 446 g/mol. The summed E-state index contributed by atoms with van der Waals surface area (Å²) in [5.74, 6) is 0.931. The zero-order valence-corrected chi connectivity index (χ0v) is 20.2. The van der Waals surface area contributed by atoms with Gasteiger partial charge in [0.25, 0.3) is 5.56 Å². The van der Waals surface area contributed by atoms with Crippen molar-refractivity contribution in [1.29, 1.82) is 0 Å². The lowest BCUT2D eigenvalue weighted by molar-refractivity contribution is -0.116. The lowest BCUT2D eigenvalue weighted by Crippen LogP contribution is -2.43. The number of carbonyl (C=O) groups is 1. The van der Waals surface area contributed by atoms with Crippen LogP contribution in [0.4, 0.5) is 11.5 Å². The number of hydrogen-bond acceptors (Lipinski definition) is 8. The van der Waals surface area contributed by atoms with Crippen LogP contribution in [0.25, 0.3) is 11.6 Å². The van der Waals surface area contributed by atoms with Gasteiger partial charge in [-0.2, -0.15) is 0 Å². The van der Waals surface area contributed by atoms with Crippen LogP contribution >= 0.6 is 11.8 Å². The molecule has 0 fully saturated rings. The van der Waals surface area contributed by atoms with Crippen molar-refractivity contribution in [2.75, 3.05) is 22.9 Å². The minimum Gasteiger partial charge on any atom is -0.461 e. The molecule has 0 radical (unpaired) electrons. The van der Waals surface area contributed by atoms with Crippen LogP contribution in [0.1, 0.15) is 27.7 Å². The Labute approximate surface area is 195 Å². The summed E-state index contributed by atoms with van der Waals surface area (Å²) in [7, 11) is 1.78. The number of nitrogen functional groups attached to an aromatic ring is 1. The van der Waals surface area contributed by atoms with Crippen LogP contribution in [0.15, 0.2) is 37.6 Å². The van der Waals surface area contributed by atoms with Gasteiger partial charge in [0, 0.05) is 20.1 Å². The number of hydrogen-bond donors (Lipinski definition) is 2. The second-order valence-corrected chi connectivity index (χ2v) is 9.47. The summed E-state index contributed by atoms with van der Waals surface area (Å²) in [6.45, 7) is 8.31. The number of aromatic nitrogens is 5. The Bertz CT molecular complexity index is 1220. The van der Waals surface area contributed by atoms with E-state index in [0.29, 0.717) is 23.3 Å². The lowest BCUT2D eigenvalue weighted by atomic mass is 10.2. The van der Waals surface area contributed by atoms with Crippen LogP contribution in [0, 0.1) is 11.8 Å². The molecule has 0 atom stereocenters. The Balaban J connectivity index is 1.89. The number of rotatable bonds is 9. The monoisotopic (exact) mass is 475 g/mol. The van der Waals surface area contributed by atoms with Crippen LogP contribution in [0.3, 0.4) is 0 Å². The maximum absolute atomic E-state index is 13.3. The van der Waals surface area contributed by atoms with Gasteiger partial charge in [-0.25, -0.2) is 4.79 Å². The molecule has 3 aromatic heterocycles. The fraction of sp³-hybridized carbons (Fsp3) is 0.476. The first-order chi connectivity index (χ1) is 15.6. The SMILES string of the molecule is CC(C)CN(C(=O)CSc1nnc(-c2ccco2)n1C)c1c(N)n(CC(C)C)c(=O)[nH]c1=O. The number of nitrogens with zero attached hydrogens (tertiary/aromatic N) is 5. The van der Waals surface area contributed by atoms with Crippen molar-refractivity contribution in [3.8, 4) is 11.6 Å². The highest BCUT2D eigenvalue weighted by atomic mass is 32.2. The van der Waals surface area contributed by atoms with Gasteiger partial charge in [0.05, 0.1) is 12.0 Å². The van der Waals surface area contributed by atoms with Crippen molar-refractivity contribution in [1.82, 2.24) is 24.3 Å². The maximum atomic E-state index is 13.3. The van der Waals surface area contributed by atoms with E-state index in [9.17, 15) is 14.4 Å². The highest BCUT2D eigenvalue weighted by Gasteiger charge is 2.26. The number of aromatic amines is 1. The van der Waals surface area contributed by atoms with Gasteiger partial charge in [0.15, 0.2) is 22.4 Å². The molecule has 0 aliphatic heterocycles. The standard InChI is InChI=1S/C21H29N7O4S/c1-12(2)9-27(16-17(22)28(10-13(3)4)20(31)23-19(16)30)15(29)11-33-21-25-24-18(26(21)5)14-7-6-8-32-14/h6-8,12-13H,9-11,22H2,1-5H3,(H,23,30,31). The fourth-order valence-electron chi connectivity index (χ4n) is 3.33. The Morgan fingerprint density at radius 3 is 2.58 bits per heavy atom. The van der Waals surface area contributed by atoms with E-state index in [0.717, 1.165) is 0 Å². The molecule has 0 bridgehead atoms. The van der Waals surface area contributed by atoms with Crippen molar-refractivity contribution < 1.29 is 9.21 Å². The highest BCUT2D eigenvalue weighted by molar-refractivity contribution is 7.99. The average Bonchev–Trinajstić information content (AvgIpc) is 3.37. The third-order valence-electron chi connectivity index (χ3n) is 4.78. The minimum absolute atomic E-state index is 0.000957. The van der Waals surface area contributed by atoms with Gasteiger partial charge in [0.2, 0.25) is 5.91 Å². The summed E-state index contributed by atoms with van der Waals surface area (Å²) in [6, 6.07) is 3.53. The molecule has 0 aliphatic rings. The molecule has 3 aromatic rings. The quantitative estimate of drug-likeness (QED) is 0.447. The van der Waals surface area contributed by atoms with E-state index < -0.39 is 11.2 Å². The summed E-state index contributed by atoms with van der Waals surface area (Å²) in [5, 5.41) is 8.78. The second-order valence-electron chi connectivity index (χ2n) is 8.53. The highest BCUT2D eigenvalue weighted by Crippen LogP contribution is 2.25. The number of amides is 1. The zero-order valence-electron chi connectivity index (χ0n) is 19.4. The second kappa shape index (κ2) is 10.1. The Morgan fingerprint density at radius 2 is 1.97 bits per heavy atom. The van der Waals surface area contributed by atoms with Crippen LogP contribution in [-0.4, -0.2) is 42.5 Å². The Morgan fingerprint density at radius 1 is 1.24 bits per heavy atom. The molecular formula is C21H29N7O4S. The van der Waals surface area contributed by atoms with Crippen molar-refractivity contribution >= 4 is 29.2 Å². The molecule has 0 spiro atoms. The third kappa shape index (κ3) is 5.38. The van der Waals surface area contributed by atoms with Crippen LogP contribution in [0.5, 0.6) is 0 Å². The molecule has 0 saturated heterocycles. The van der Waals surface area contributed by atoms with Gasteiger partial charge in [0.1, 0.15) is 5.82 Å². The summed E-state index contributed by atoms with van der Waals surface area (Å²) in [6.07, 6.45) is 1.55. The molecule has 0 aliphatic carbocycles.